The van der Waals surface area contributed by atoms with Crippen LogP contribution in [-0.4, -0.2) is 42.5 Å². The van der Waals surface area contributed by atoms with Gasteiger partial charge in [0.1, 0.15) is 0 Å². The van der Waals surface area contributed by atoms with Crippen LogP contribution in [0.25, 0.3) is 5.69 Å². The van der Waals surface area contributed by atoms with Gasteiger partial charge in [0.05, 0.1) is 10.6 Å². The van der Waals surface area contributed by atoms with Gasteiger partial charge in [0.25, 0.3) is 5.91 Å². The van der Waals surface area contributed by atoms with Crippen molar-refractivity contribution in [2.24, 2.45) is 0 Å². The van der Waals surface area contributed by atoms with Crippen LogP contribution in [0, 0.1) is 13.8 Å². The van der Waals surface area contributed by atoms with E-state index in [4.69, 9.17) is 5.10 Å². The van der Waals surface area contributed by atoms with E-state index in [9.17, 15) is 13.2 Å². The summed E-state index contributed by atoms with van der Waals surface area (Å²) in [7, 11) is -0.639. The minimum Gasteiger partial charge on any atom is -0.320 e. The van der Waals surface area contributed by atoms with Gasteiger partial charge in [0.15, 0.2) is 5.69 Å². The summed E-state index contributed by atoms with van der Waals surface area (Å²) in [5.41, 5.74) is 5.52. The lowest BCUT2D eigenvalue weighted by molar-refractivity contribution is 0.102. The summed E-state index contributed by atoms with van der Waals surface area (Å²) in [4.78, 5) is 13.6. The molecule has 1 amide bonds. The van der Waals surface area contributed by atoms with E-state index in [0.29, 0.717) is 11.4 Å². The molecular formula is C25H30N4O3S. The fraction of sp³-hybridized carbons (Fsp3) is 0.360. The molecule has 0 aliphatic heterocycles. The second-order valence-electron chi connectivity index (χ2n) is 8.74. The number of hydrogen-bond acceptors (Lipinski definition) is 4. The van der Waals surface area contributed by atoms with Gasteiger partial charge < -0.3 is 5.32 Å². The number of nitrogens with zero attached hydrogens (tertiary/aromatic N) is 3. The molecule has 0 saturated carbocycles. The van der Waals surface area contributed by atoms with Crippen LogP contribution in [0.4, 0.5) is 5.69 Å². The molecule has 2 aromatic carbocycles. The maximum Gasteiger partial charge on any atom is 0.276 e. The zero-order valence-electron chi connectivity index (χ0n) is 19.6. The summed E-state index contributed by atoms with van der Waals surface area (Å²) in [6, 6.07) is 13.0. The molecule has 33 heavy (non-hydrogen) atoms. The number of rotatable bonds is 5. The van der Waals surface area contributed by atoms with E-state index in [0.717, 1.165) is 60.2 Å². The van der Waals surface area contributed by atoms with Gasteiger partial charge in [-0.15, -0.1) is 0 Å². The van der Waals surface area contributed by atoms with E-state index in [1.54, 1.807) is 6.07 Å². The van der Waals surface area contributed by atoms with Crippen molar-refractivity contribution in [2.45, 2.75) is 50.8 Å². The molecule has 0 unspecified atom stereocenters. The van der Waals surface area contributed by atoms with Crippen LogP contribution in [0.2, 0.25) is 0 Å². The molecule has 0 radical (unpaired) electrons. The normalized spacial score (nSPS) is 14.1. The Morgan fingerprint density at radius 1 is 1.03 bits per heavy atom. The Morgan fingerprint density at radius 2 is 1.73 bits per heavy atom. The Kier molecular flexibility index (Phi) is 6.41. The number of amides is 1. The lowest BCUT2D eigenvalue weighted by Crippen LogP contribution is -2.23. The van der Waals surface area contributed by atoms with Crippen molar-refractivity contribution < 1.29 is 13.2 Å². The minimum absolute atomic E-state index is 0.152. The summed E-state index contributed by atoms with van der Waals surface area (Å²) in [6.07, 6.45) is 4.88. The quantitative estimate of drug-likeness (QED) is 0.570. The van der Waals surface area contributed by atoms with Crippen LogP contribution in [0.5, 0.6) is 0 Å². The number of hydrogen-bond donors (Lipinski definition) is 1. The van der Waals surface area contributed by atoms with Gasteiger partial charge in [-0.1, -0.05) is 24.6 Å². The monoisotopic (exact) mass is 466 g/mol. The highest BCUT2D eigenvalue weighted by Crippen LogP contribution is 2.29. The average molecular weight is 467 g/mol. The number of benzene rings is 2. The number of carbonyl (C=O) groups is 1. The number of para-hydroxylation sites is 1. The molecule has 1 aliphatic rings. The first-order valence-corrected chi connectivity index (χ1v) is 12.7. The maximum atomic E-state index is 13.5. The number of aromatic nitrogens is 2. The lowest BCUT2D eigenvalue weighted by atomic mass is 10.1. The summed E-state index contributed by atoms with van der Waals surface area (Å²) < 4.78 is 28.4. The fourth-order valence-corrected chi connectivity index (χ4v) is 5.25. The Bertz CT molecular complexity index is 1290. The molecule has 0 spiro atoms. The first-order chi connectivity index (χ1) is 15.7. The number of carbonyl (C=O) groups excluding carboxylic acids is 1. The highest BCUT2D eigenvalue weighted by atomic mass is 32.2. The van der Waals surface area contributed by atoms with Crippen LogP contribution in [0.1, 0.15) is 52.1 Å². The third-order valence-electron chi connectivity index (χ3n) is 6.31. The van der Waals surface area contributed by atoms with Crippen molar-refractivity contribution in [1.29, 1.82) is 0 Å². The standard InChI is InChI=1S/C25H30N4O3S/c1-17-15-20(33(31,32)28(3)4)16-22(18(17)2)26-25(30)24-21-13-9-6-10-14-23(21)29(27-24)19-11-7-5-8-12-19/h5,7-8,11-12,15-16H,6,9-10,13-14H2,1-4H3,(H,26,30). The van der Waals surface area contributed by atoms with E-state index >= 15 is 0 Å². The van der Waals surface area contributed by atoms with Crippen molar-refractivity contribution in [2.75, 3.05) is 19.4 Å². The highest BCUT2D eigenvalue weighted by molar-refractivity contribution is 7.89. The first-order valence-electron chi connectivity index (χ1n) is 11.2. The van der Waals surface area contributed by atoms with Gasteiger partial charge in [-0.05, 0) is 74.9 Å². The van der Waals surface area contributed by atoms with Crippen LogP contribution in [-0.2, 0) is 22.9 Å². The lowest BCUT2D eigenvalue weighted by Gasteiger charge is -2.16. The van der Waals surface area contributed by atoms with Crippen LogP contribution < -0.4 is 5.32 Å². The first kappa shape index (κ1) is 23.2. The molecule has 3 aromatic rings. The smallest absolute Gasteiger partial charge is 0.276 e. The summed E-state index contributed by atoms with van der Waals surface area (Å²) in [5.74, 6) is -0.315. The van der Waals surface area contributed by atoms with Crippen molar-refractivity contribution in [3.63, 3.8) is 0 Å². The molecule has 1 aliphatic carbocycles. The number of aryl methyl sites for hydroxylation is 1. The van der Waals surface area contributed by atoms with Crippen molar-refractivity contribution in [3.05, 3.63) is 70.5 Å². The van der Waals surface area contributed by atoms with Gasteiger partial charge >= 0.3 is 0 Å². The largest absolute Gasteiger partial charge is 0.320 e. The molecule has 0 saturated heterocycles. The Hall–Kier alpha value is -2.97. The average Bonchev–Trinajstić information content (AvgIpc) is 2.98. The fourth-order valence-electron chi connectivity index (χ4n) is 4.24. The topological polar surface area (TPSA) is 84.3 Å². The SMILES string of the molecule is Cc1cc(S(=O)(=O)N(C)C)cc(NC(=O)c2nn(-c3ccccc3)c3c2CCCCC3)c1C. The molecular weight excluding hydrogens is 436 g/mol. The van der Waals surface area contributed by atoms with Gasteiger partial charge in [0, 0.05) is 31.0 Å². The van der Waals surface area contributed by atoms with Crippen LogP contribution in [0.3, 0.4) is 0 Å². The van der Waals surface area contributed by atoms with Crippen molar-refractivity contribution in [1.82, 2.24) is 14.1 Å². The second kappa shape index (κ2) is 9.11. The third kappa shape index (κ3) is 4.45. The summed E-state index contributed by atoms with van der Waals surface area (Å²) in [5, 5.41) is 7.69. The van der Waals surface area contributed by atoms with E-state index in [1.807, 2.05) is 48.9 Å². The molecule has 0 atom stereocenters. The zero-order chi connectivity index (χ0) is 23.8. The van der Waals surface area contributed by atoms with Crippen LogP contribution >= 0.6 is 0 Å². The van der Waals surface area contributed by atoms with Crippen LogP contribution in [0.15, 0.2) is 47.4 Å². The van der Waals surface area contributed by atoms with Gasteiger partial charge in [-0.25, -0.2) is 17.4 Å². The maximum absolute atomic E-state index is 13.5. The van der Waals surface area contributed by atoms with Crippen molar-refractivity contribution >= 4 is 21.6 Å². The molecule has 1 heterocycles. The second-order valence-corrected chi connectivity index (χ2v) is 10.9. The molecule has 7 nitrogen and oxygen atoms in total. The van der Waals surface area contributed by atoms with Gasteiger partial charge in [-0.3, -0.25) is 4.79 Å². The van der Waals surface area contributed by atoms with Gasteiger partial charge in [0.2, 0.25) is 10.0 Å². The number of fused-ring (bicyclic) bond motifs is 1. The highest BCUT2D eigenvalue weighted by Gasteiger charge is 2.26. The number of sulfonamides is 1. The van der Waals surface area contributed by atoms with E-state index in [1.165, 1.54) is 24.5 Å². The predicted octanol–water partition coefficient (Wildman–Crippen LogP) is 4.26. The Morgan fingerprint density at radius 3 is 2.42 bits per heavy atom. The molecule has 0 bridgehead atoms. The van der Waals surface area contributed by atoms with Crippen molar-refractivity contribution in [3.8, 4) is 5.69 Å². The Labute approximate surface area is 195 Å². The molecule has 4 rings (SSSR count). The molecule has 174 valence electrons. The summed E-state index contributed by atoms with van der Waals surface area (Å²) >= 11 is 0. The molecule has 8 heteroatoms. The summed E-state index contributed by atoms with van der Waals surface area (Å²) in [6.45, 7) is 3.72. The van der Waals surface area contributed by atoms with E-state index in [-0.39, 0.29) is 10.8 Å². The minimum atomic E-state index is -3.63. The third-order valence-corrected chi connectivity index (χ3v) is 8.11. The molecule has 1 N–H and O–H groups in total. The number of anilines is 1. The predicted molar refractivity (Wildman–Crippen MR) is 130 cm³/mol. The van der Waals surface area contributed by atoms with E-state index in [2.05, 4.69) is 5.32 Å². The van der Waals surface area contributed by atoms with Gasteiger partial charge in [-0.2, -0.15) is 5.10 Å². The van der Waals surface area contributed by atoms with E-state index < -0.39 is 10.0 Å². The number of nitrogens with one attached hydrogen (secondary N) is 1. The zero-order valence-corrected chi connectivity index (χ0v) is 20.4. The Balaban J connectivity index is 1.76. The molecule has 1 aromatic heterocycles. The molecule has 0 fully saturated rings.